The highest BCUT2D eigenvalue weighted by Gasteiger charge is 2.24. The number of hydrogen-bond donors (Lipinski definition) is 1. The first-order valence-corrected chi connectivity index (χ1v) is 5.47. The van der Waals surface area contributed by atoms with Crippen LogP contribution >= 0.6 is 0 Å². The van der Waals surface area contributed by atoms with Crippen molar-refractivity contribution in [2.75, 3.05) is 7.05 Å². The van der Waals surface area contributed by atoms with Crippen molar-refractivity contribution in [1.29, 1.82) is 0 Å². The van der Waals surface area contributed by atoms with Crippen molar-refractivity contribution >= 4 is 5.91 Å². The van der Waals surface area contributed by atoms with Crippen molar-refractivity contribution in [3.8, 4) is 0 Å². The van der Waals surface area contributed by atoms with Crippen molar-refractivity contribution in [3.63, 3.8) is 0 Å². The lowest BCUT2D eigenvalue weighted by atomic mass is 9.98. The van der Waals surface area contributed by atoms with Crippen LogP contribution in [0.3, 0.4) is 0 Å². The second-order valence-electron chi connectivity index (χ2n) is 4.12. The number of rotatable bonds is 5. The molecule has 14 heavy (non-hydrogen) atoms. The van der Waals surface area contributed by atoms with Crippen molar-refractivity contribution in [3.05, 3.63) is 0 Å². The first-order valence-electron chi connectivity index (χ1n) is 5.47. The molecule has 0 aliphatic heterocycles. The predicted octanol–water partition coefficient (Wildman–Crippen LogP) is 1.62. The topological polar surface area (TPSA) is 46.3 Å². The van der Waals surface area contributed by atoms with E-state index in [2.05, 4.69) is 13.8 Å². The average Bonchev–Trinajstić information content (AvgIpc) is 2.23. The number of carbonyl (C=O) groups is 1. The van der Waals surface area contributed by atoms with Gasteiger partial charge in [-0.3, -0.25) is 4.79 Å². The molecule has 0 saturated heterocycles. The minimum Gasteiger partial charge on any atom is -0.342 e. The second-order valence-corrected chi connectivity index (χ2v) is 4.12. The Balaban J connectivity index is 4.31. The Bertz CT molecular complexity index is 164. The summed E-state index contributed by atoms with van der Waals surface area (Å²) >= 11 is 0. The highest BCUT2D eigenvalue weighted by molar-refractivity contribution is 5.81. The summed E-state index contributed by atoms with van der Waals surface area (Å²) in [5.41, 5.74) is 5.87. The first kappa shape index (κ1) is 13.4. The molecule has 0 bridgehead atoms. The fourth-order valence-electron chi connectivity index (χ4n) is 1.22. The molecule has 3 atom stereocenters. The maximum atomic E-state index is 11.8. The fourth-order valence-corrected chi connectivity index (χ4v) is 1.22. The lowest BCUT2D eigenvalue weighted by Crippen LogP contribution is -2.48. The molecule has 0 aromatic heterocycles. The van der Waals surface area contributed by atoms with Crippen LogP contribution in [0.1, 0.15) is 40.5 Å². The smallest absolute Gasteiger partial charge is 0.239 e. The van der Waals surface area contributed by atoms with Crippen LogP contribution in [0.5, 0.6) is 0 Å². The maximum Gasteiger partial charge on any atom is 0.239 e. The van der Waals surface area contributed by atoms with E-state index in [1.165, 1.54) is 0 Å². The number of nitrogens with two attached hydrogens (primary N) is 1. The number of hydrogen-bond acceptors (Lipinski definition) is 2. The lowest BCUT2D eigenvalue weighted by Gasteiger charge is -2.28. The third-order valence-electron chi connectivity index (χ3n) is 3.14. The summed E-state index contributed by atoms with van der Waals surface area (Å²) in [6.45, 7) is 8.19. The standard InChI is InChI=1S/C11H24N2O/c1-6-8(3)10(12)11(14)13(5)9(4)7-2/h8-10H,6-7,12H2,1-5H3/t8-,9?,10-/m0/s1. The highest BCUT2D eigenvalue weighted by Crippen LogP contribution is 2.10. The largest absolute Gasteiger partial charge is 0.342 e. The van der Waals surface area contributed by atoms with E-state index in [1.807, 2.05) is 20.9 Å². The molecule has 2 N–H and O–H groups in total. The van der Waals surface area contributed by atoms with Gasteiger partial charge in [0.2, 0.25) is 5.91 Å². The Morgan fingerprint density at radius 1 is 1.29 bits per heavy atom. The van der Waals surface area contributed by atoms with Gasteiger partial charge in [0, 0.05) is 13.1 Å². The molecule has 0 radical (unpaired) electrons. The van der Waals surface area contributed by atoms with E-state index < -0.39 is 0 Å². The van der Waals surface area contributed by atoms with Gasteiger partial charge in [0.1, 0.15) is 0 Å². The fraction of sp³-hybridized carbons (Fsp3) is 0.909. The zero-order valence-electron chi connectivity index (χ0n) is 10.1. The van der Waals surface area contributed by atoms with Crippen LogP contribution in [0.2, 0.25) is 0 Å². The van der Waals surface area contributed by atoms with Gasteiger partial charge in [-0.1, -0.05) is 27.2 Å². The Labute approximate surface area is 87.6 Å². The zero-order valence-corrected chi connectivity index (χ0v) is 10.1. The summed E-state index contributed by atoms with van der Waals surface area (Å²) in [6, 6.07) is -0.0726. The van der Waals surface area contributed by atoms with Crippen LogP contribution in [0, 0.1) is 5.92 Å². The first-order chi connectivity index (χ1) is 6.45. The van der Waals surface area contributed by atoms with Crippen molar-refractivity contribution in [1.82, 2.24) is 4.90 Å². The third kappa shape index (κ3) is 3.29. The van der Waals surface area contributed by atoms with E-state index in [0.29, 0.717) is 0 Å². The predicted molar refractivity (Wildman–Crippen MR) is 60.0 cm³/mol. The highest BCUT2D eigenvalue weighted by atomic mass is 16.2. The van der Waals surface area contributed by atoms with Crippen LogP contribution in [-0.4, -0.2) is 29.9 Å². The molecule has 0 rings (SSSR count). The minimum absolute atomic E-state index is 0.0636. The van der Waals surface area contributed by atoms with E-state index in [0.717, 1.165) is 12.8 Å². The maximum absolute atomic E-state index is 11.8. The molecule has 1 amide bonds. The van der Waals surface area contributed by atoms with Gasteiger partial charge in [-0.15, -0.1) is 0 Å². The molecule has 0 aromatic carbocycles. The molecule has 3 heteroatoms. The molecule has 0 fully saturated rings. The van der Waals surface area contributed by atoms with Gasteiger partial charge in [-0.2, -0.15) is 0 Å². The van der Waals surface area contributed by atoms with Gasteiger partial charge in [-0.05, 0) is 19.3 Å². The minimum atomic E-state index is -0.348. The summed E-state index contributed by atoms with van der Waals surface area (Å²) in [5, 5.41) is 0. The molecule has 0 spiro atoms. The number of carbonyl (C=O) groups excluding carboxylic acids is 1. The Morgan fingerprint density at radius 3 is 2.14 bits per heavy atom. The van der Waals surface area contributed by atoms with E-state index in [1.54, 1.807) is 4.90 Å². The third-order valence-corrected chi connectivity index (χ3v) is 3.14. The molecule has 0 aromatic rings. The number of nitrogens with zero attached hydrogens (tertiary/aromatic N) is 1. The molecule has 0 saturated carbocycles. The van der Waals surface area contributed by atoms with Gasteiger partial charge < -0.3 is 10.6 Å². The van der Waals surface area contributed by atoms with Gasteiger partial charge >= 0.3 is 0 Å². The Hall–Kier alpha value is -0.570. The molecular weight excluding hydrogens is 176 g/mol. The molecule has 0 heterocycles. The zero-order chi connectivity index (χ0) is 11.3. The van der Waals surface area contributed by atoms with Crippen molar-refractivity contribution in [2.45, 2.75) is 52.6 Å². The quantitative estimate of drug-likeness (QED) is 0.733. The monoisotopic (exact) mass is 200 g/mol. The molecule has 84 valence electrons. The van der Waals surface area contributed by atoms with Crippen molar-refractivity contribution in [2.24, 2.45) is 11.7 Å². The number of likely N-dealkylation sites (N-methyl/N-ethyl adjacent to an activating group) is 1. The lowest BCUT2D eigenvalue weighted by molar-refractivity contribution is -0.134. The molecule has 0 aliphatic rings. The summed E-state index contributed by atoms with van der Waals surface area (Å²) in [5.74, 6) is 0.322. The summed E-state index contributed by atoms with van der Waals surface area (Å²) in [6.07, 6.45) is 1.91. The summed E-state index contributed by atoms with van der Waals surface area (Å²) in [7, 11) is 1.83. The number of amides is 1. The summed E-state index contributed by atoms with van der Waals surface area (Å²) < 4.78 is 0. The van der Waals surface area contributed by atoms with Gasteiger partial charge in [0.15, 0.2) is 0 Å². The normalized spacial score (nSPS) is 17.3. The molecule has 3 nitrogen and oxygen atoms in total. The molecular formula is C11H24N2O. The van der Waals surface area contributed by atoms with Gasteiger partial charge in [0.05, 0.1) is 6.04 Å². The van der Waals surface area contributed by atoms with E-state index >= 15 is 0 Å². The van der Waals surface area contributed by atoms with Gasteiger partial charge in [0.25, 0.3) is 0 Å². The SMILES string of the molecule is CCC(C)N(C)C(=O)[C@@H](N)[C@@H](C)CC. The van der Waals surface area contributed by atoms with Crippen LogP contribution < -0.4 is 5.73 Å². The van der Waals surface area contributed by atoms with Gasteiger partial charge in [-0.25, -0.2) is 0 Å². The van der Waals surface area contributed by atoms with E-state index in [9.17, 15) is 4.79 Å². The van der Waals surface area contributed by atoms with Crippen LogP contribution in [0.25, 0.3) is 0 Å². The van der Waals surface area contributed by atoms with E-state index in [4.69, 9.17) is 5.73 Å². The average molecular weight is 200 g/mol. The molecule has 0 aliphatic carbocycles. The Kier molecular flexibility index (Phi) is 5.77. The Morgan fingerprint density at radius 2 is 1.79 bits per heavy atom. The van der Waals surface area contributed by atoms with Crippen LogP contribution in [0.15, 0.2) is 0 Å². The van der Waals surface area contributed by atoms with Crippen LogP contribution in [0.4, 0.5) is 0 Å². The molecule has 1 unspecified atom stereocenters. The van der Waals surface area contributed by atoms with Crippen LogP contribution in [-0.2, 0) is 4.79 Å². The second kappa shape index (κ2) is 6.02. The van der Waals surface area contributed by atoms with E-state index in [-0.39, 0.29) is 23.9 Å². The van der Waals surface area contributed by atoms with Crippen molar-refractivity contribution < 1.29 is 4.79 Å². The summed E-state index contributed by atoms with van der Waals surface area (Å²) in [4.78, 5) is 13.6.